The average molecular weight is 276 g/mol. The lowest BCUT2D eigenvalue weighted by Gasteiger charge is -2.37. The number of rotatable bonds is 3. The number of nitrogens with zero attached hydrogens (tertiary/aromatic N) is 1. The molecule has 1 aromatic carbocycles. The van der Waals surface area contributed by atoms with Gasteiger partial charge in [0, 0.05) is 13.1 Å². The second-order valence-electron chi connectivity index (χ2n) is 5.18. The third-order valence-electron chi connectivity index (χ3n) is 3.49. The van der Waals surface area contributed by atoms with Crippen molar-refractivity contribution in [3.8, 4) is 5.75 Å². The molecule has 1 atom stereocenters. The average Bonchev–Trinajstić information content (AvgIpc) is 2.45. The van der Waals surface area contributed by atoms with Gasteiger partial charge in [0.05, 0.1) is 12.7 Å². The fourth-order valence-corrected chi connectivity index (χ4v) is 2.55. The van der Waals surface area contributed by atoms with Gasteiger partial charge in [-0.3, -0.25) is 9.59 Å². The van der Waals surface area contributed by atoms with E-state index in [-0.39, 0.29) is 17.7 Å². The zero-order chi connectivity index (χ0) is 14.7. The monoisotopic (exact) mass is 276 g/mol. The first-order valence-electron chi connectivity index (χ1n) is 6.78. The van der Waals surface area contributed by atoms with E-state index in [1.807, 2.05) is 19.9 Å². The molecule has 1 saturated heterocycles. The van der Waals surface area contributed by atoms with Gasteiger partial charge in [-0.15, -0.1) is 0 Å². The summed E-state index contributed by atoms with van der Waals surface area (Å²) in [4.78, 5) is 26.3. The molecule has 0 aromatic heterocycles. The summed E-state index contributed by atoms with van der Waals surface area (Å²) >= 11 is 0. The molecule has 20 heavy (non-hydrogen) atoms. The van der Waals surface area contributed by atoms with Gasteiger partial charge in [0.15, 0.2) is 0 Å². The van der Waals surface area contributed by atoms with Gasteiger partial charge in [0.1, 0.15) is 11.8 Å². The Kier molecular flexibility index (Phi) is 4.27. The van der Waals surface area contributed by atoms with Crippen LogP contribution in [0.5, 0.6) is 5.75 Å². The standard InChI is InChI=1S/C15H20N2O3/c1-10(2)13-14(18)16-8-9-17(13)15(19)11-6-4-5-7-12(11)20-3/h4-7,10,13H,8-9H2,1-3H3,(H,16,18). The quantitative estimate of drug-likeness (QED) is 0.905. The maximum atomic E-state index is 12.7. The number of nitrogens with one attached hydrogen (secondary N) is 1. The lowest BCUT2D eigenvalue weighted by atomic mass is 9.98. The summed E-state index contributed by atoms with van der Waals surface area (Å²) < 4.78 is 5.23. The maximum Gasteiger partial charge on any atom is 0.258 e. The van der Waals surface area contributed by atoms with Crippen molar-refractivity contribution >= 4 is 11.8 Å². The zero-order valence-electron chi connectivity index (χ0n) is 12.1. The molecular formula is C15H20N2O3. The predicted octanol–water partition coefficient (Wildman–Crippen LogP) is 1.29. The van der Waals surface area contributed by atoms with Crippen LogP contribution in [0.2, 0.25) is 0 Å². The third kappa shape index (κ3) is 2.61. The second kappa shape index (κ2) is 5.94. The van der Waals surface area contributed by atoms with Crippen LogP contribution in [0.15, 0.2) is 24.3 Å². The van der Waals surface area contributed by atoms with Crippen LogP contribution in [0, 0.1) is 5.92 Å². The molecule has 0 spiro atoms. The Balaban J connectivity index is 2.33. The summed E-state index contributed by atoms with van der Waals surface area (Å²) in [5, 5.41) is 2.81. The number of para-hydroxylation sites is 1. The Morgan fingerprint density at radius 1 is 1.40 bits per heavy atom. The Bertz CT molecular complexity index is 514. The molecule has 0 radical (unpaired) electrons. The first kappa shape index (κ1) is 14.4. The van der Waals surface area contributed by atoms with E-state index < -0.39 is 6.04 Å². The molecule has 1 aliphatic rings. The van der Waals surface area contributed by atoms with E-state index in [1.54, 1.807) is 23.1 Å². The number of benzene rings is 1. The molecular weight excluding hydrogens is 256 g/mol. The summed E-state index contributed by atoms with van der Waals surface area (Å²) in [6.45, 7) is 4.89. The van der Waals surface area contributed by atoms with Crippen molar-refractivity contribution in [1.82, 2.24) is 10.2 Å². The molecule has 108 valence electrons. The van der Waals surface area contributed by atoms with Gasteiger partial charge in [0.2, 0.25) is 5.91 Å². The van der Waals surface area contributed by atoms with Gasteiger partial charge in [0.25, 0.3) is 5.91 Å². The Labute approximate surface area is 118 Å². The molecule has 1 N–H and O–H groups in total. The van der Waals surface area contributed by atoms with E-state index in [1.165, 1.54) is 7.11 Å². The highest BCUT2D eigenvalue weighted by Crippen LogP contribution is 2.23. The van der Waals surface area contributed by atoms with E-state index in [2.05, 4.69) is 5.32 Å². The number of hydrogen-bond donors (Lipinski definition) is 1. The second-order valence-corrected chi connectivity index (χ2v) is 5.18. The number of ether oxygens (including phenoxy) is 1. The number of methoxy groups -OCH3 is 1. The van der Waals surface area contributed by atoms with Gasteiger partial charge < -0.3 is 15.0 Å². The van der Waals surface area contributed by atoms with Gasteiger partial charge >= 0.3 is 0 Å². The highest BCUT2D eigenvalue weighted by Gasteiger charge is 2.36. The fraction of sp³-hybridized carbons (Fsp3) is 0.467. The molecule has 5 heteroatoms. The highest BCUT2D eigenvalue weighted by atomic mass is 16.5. The summed E-state index contributed by atoms with van der Waals surface area (Å²) in [5.74, 6) is 0.352. The van der Waals surface area contributed by atoms with E-state index in [0.717, 1.165) is 0 Å². The lowest BCUT2D eigenvalue weighted by Crippen LogP contribution is -2.59. The van der Waals surface area contributed by atoms with Gasteiger partial charge in [-0.05, 0) is 18.1 Å². The van der Waals surface area contributed by atoms with Crippen LogP contribution < -0.4 is 10.1 Å². The van der Waals surface area contributed by atoms with Crippen molar-refractivity contribution in [2.45, 2.75) is 19.9 Å². The largest absolute Gasteiger partial charge is 0.496 e. The zero-order valence-corrected chi connectivity index (χ0v) is 12.1. The molecule has 1 heterocycles. The van der Waals surface area contributed by atoms with Crippen LogP contribution in [0.25, 0.3) is 0 Å². The van der Waals surface area contributed by atoms with Crippen molar-refractivity contribution in [3.63, 3.8) is 0 Å². The van der Waals surface area contributed by atoms with Gasteiger partial charge in [-0.1, -0.05) is 26.0 Å². The van der Waals surface area contributed by atoms with Crippen molar-refractivity contribution < 1.29 is 14.3 Å². The summed E-state index contributed by atoms with van der Waals surface area (Å²) in [6, 6.07) is 6.66. The molecule has 0 saturated carbocycles. The minimum Gasteiger partial charge on any atom is -0.496 e. The van der Waals surface area contributed by atoms with Crippen molar-refractivity contribution in [1.29, 1.82) is 0 Å². The summed E-state index contributed by atoms with van der Waals surface area (Å²) in [7, 11) is 1.54. The van der Waals surface area contributed by atoms with Crippen LogP contribution in [0.1, 0.15) is 24.2 Å². The number of carbonyl (C=O) groups is 2. The molecule has 1 aromatic rings. The van der Waals surface area contributed by atoms with E-state index in [9.17, 15) is 9.59 Å². The van der Waals surface area contributed by atoms with Gasteiger partial charge in [-0.2, -0.15) is 0 Å². The molecule has 1 aliphatic heterocycles. The SMILES string of the molecule is COc1ccccc1C(=O)N1CCNC(=O)C1C(C)C. The minimum atomic E-state index is -0.429. The Hall–Kier alpha value is -2.04. The first-order valence-corrected chi connectivity index (χ1v) is 6.78. The number of amides is 2. The predicted molar refractivity (Wildman–Crippen MR) is 75.7 cm³/mol. The van der Waals surface area contributed by atoms with E-state index >= 15 is 0 Å². The normalized spacial score (nSPS) is 18.9. The minimum absolute atomic E-state index is 0.0638. The fourth-order valence-electron chi connectivity index (χ4n) is 2.55. The smallest absolute Gasteiger partial charge is 0.258 e. The summed E-state index contributed by atoms with van der Waals surface area (Å²) in [5.41, 5.74) is 0.496. The van der Waals surface area contributed by atoms with Crippen LogP contribution in [-0.2, 0) is 4.79 Å². The molecule has 2 rings (SSSR count). The molecule has 0 bridgehead atoms. The van der Waals surface area contributed by atoms with Crippen LogP contribution in [-0.4, -0.2) is 43.0 Å². The van der Waals surface area contributed by atoms with Crippen LogP contribution in [0.4, 0.5) is 0 Å². The van der Waals surface area contributed by atoms with Crippen molar-refractivity contribution in [3.05, 3.63) is 29.8 Å². The first-order chi connectivity index (χ1) is 9.56. The van der Waals surface area contributed by atoms with E-state index in [4.69, 9.17) is 4.74 Å². The molecule has 0 aliphatic carbocycles. The lowest BCUT2D eigenvalue weighted by molar-refractivity contribution is -0.129. The molecule has 2 amide bonds. The molecule has 1 unspecified atom stereocenters. The van der Waals surface area contributed by atoms with Gasteiger partial charge in [-0.25, -0.2) is 0 Å². The topological polar surface area (TPSA) is 58.6 Å². The van der Waals surface area contributed by atoms with Crippen LogP contribution >= 0.6 is 0 Å². The van der Waals surface area contributed by atoms with Crippen LogP contribution in [0.3, 0.4) is 0 Å². The Morgan fingerprint density at radius 2 is 2.10 bits per heavy atom. The highest BCUT2D eigenvalue weighted by molar-refractivity contribution is 6.00. The molecule has 1 fully saturated rings. The van der Waals surface area contributed by atoms with Crippen molar-refractivity contribution in [2.75, 3.05) is 20.2 Å². The Morgan fingerprint density at radius 3 is 2.75 bits per heavy atom. The van der Waals surface area contributed by atoms with E-state index in [0.29, 0.717) is 24.4 Å². The maximum absolute atomic E-state index is 12.7. The molecule has 5 nitrogen and oxygen atoms in total. The third-order valence-corrected chi connectivity index (χ3v) is 3.49. The number of hydrogen-bond acceptors (Lipinski definition) is 3. The van der Waals surface area contributed by atoms with Crippen molar-refractivity contribution in [2.24, 2.45) is 5.92 Å². The number of piperazine rings is 1. The summed E-state index contributed by atoms with van der Waals surface area (Å²) in [6.07, 6.45) is 0. The number of carbonyl (C=O) groups excluding carboxylic acids is 2.